The zero-order valence-corrected chi connectivity index (χ0v) is 10.9. The van der Waals surface area contributed by atoms with Crippen LogP contribution in [0.4, 0.5) is 0 Å². The van der Waals surface area contributed by atoms with E-state index in [1.807, 2.05) is 13.0 Å². The maximum absolute atomic E-state index is 9.16. The zero-order valence-electron chi connectivity index (χ0n) is 10.9. The maximum Gasteiger partial charge on any atom is 0.122 e. The first-order valence-corrected chi connectivity index (χ1v) is 5.72. The van der Waals surface area contributed by atoms with Crippen molar-refractivity contribution in [3.63, 3.8) is 0 Å². The van der Waals surface area contributed by atoms with Crippen molar-refractivity contribution in [2.75, 3.05) is 6.61 Å². The van der Waals surface area contributed by atoms with E-state index in [2.05, 4.69) is 32.9 Å². The van der Waals surface area contributed by atoms with E-state index in [0.29, 0.717) is 6.61 Å². The molecule has 0 fully saturated rings. The molecular weight excluding hydrogens is 200 g/mol. The number of hydrogen-bond donors (Lipinski definition) is 1. The molecule has 1 aromatic rings. The highest BCUT2D eigenvalue weighted by atomic mass is 16.5. The summed E-state index contributed by atoms with van der Waals surface area (Å²) in [6.07, 6.45) is -0.429. The summed E-state index contributed by atoms with van der Waals surface area (Å²) >= 11 is 0. The summed E-state index contributed by atoms with van der Waals surface area (Å²) in [5.74, 6) is 0.855. The fourth-order valence-electron chi connectivity index (χ4n) is 1.49. The van der Waals surface area contributed by atoms with Gasteiger partial charge in [0.15, 0.2) is 0 Å². The van der Waals surface area contributed by atoms with Crippen LogP contribution in [-0.2, 0) is 5.41 Å². The molecule has 90 valence electrons. The van der Waals surface area contributed by atoms with E-state index >= 15 is 0 Å². The van der Waals surface area contributed by atoms with Crippen molar-refractivity contribution in [2.24, 2.45) is 0 Å². The Balaban J connectivity index is 2.84. The molecule has 0 unspecified atom stereocenters. The first-order chi connectivity index (χ1) is 7.30. The van der Waals surface area contributed by atoms with Crippen LogP contribution in [-0.4, -0.2) is 17.8 Å². The lowest BCUT2D eigenvalue weighted by molar-refractivity contribution is 0.122. The fraction of sp³-hybridized carbons (Fsp3) is 0.571. The normalized spacial score (nSPS) is 13.6. The third-order valence-electron chi connectivity index (χ3n) is 2.52. The lowest BCUT2D eigenvalue weighted by Crippen LogP contribution is -2.14. The Morgan fingerprint density at radius 1 is 1.31 bits per heavy atom. The predicted molar refractivity (Wildman–Crippen MR) is 67.1 cm³/mol. The zero-order chi connectivity index (χ0) is 12.3. The van der Waals surface area contributed by atoms with Crippen molar-refractivity contribution in [1.29, 1.82) is 0 Å². The molecule has 1 N–H and O–H groups in total. The average molecular weight is 222 g/mol. The Labute approximate surface area is 98.3 Å². The van der Waals surface area contributed by atoms with E-state index in [9.17, 15) is 0 Å². The summed E-state index contributed by atoms with van der Waals surface area (Å²) in [6.45, 7) is 10.7. The Kier molecular flexibility index (Phi) is 3.98. The van der Waals surface area contributed by atoms with Crippen molar-refractivity contribution in [3.05, 3.63) is 29.3 Å². The topological polar surface area (TPSA) is 29.5 Å². The number of aliphatic hydroxyl groups excluding tert-OH is 1. The largest absolute Gasteiger partial charge is 0.491 e. The van der Waals surface area contributed by atoms with Gasteiger partial charge in [0.25, 0.3) is 0 Å². The molecule has 0 heterocycles. The van der Waals surface area contributed by atoms with Crippen LogP contribution in [0, 0.1) is 6.92 Å². The van der Waals surface area contributed by atoms with Crippen LogP contribution in [0.3, 0.4) is 0 Å². The maximum atomic E-state index is 9.16. The summed E-state index contributed by atoms with van der Waals surface area (Å²) in [5.41, 5.74) is 2.58. The molecule has 16 heavy (non-hydrogen) atoms. The van der Waals surface area contributed by atoms with Crippen LogP contribution in [0.1, 0.15) is 38.8 Å². The van der Waals surface area contributed by atoms with Crippen molar-refractivity contribution in [2.45, 2.75) is 46.1 Å². The van der Waals surface area contributed by atoms with Crippen LogP contribution in [0.25, 0.3) is 0 Å². The molecule has 1 rings (SSSR count). The Bertz CT molecular complexity index is 348. The van der Waals surface area contributed by atoms with Crippen molar-refractivity contribution < 1.29 is 9.84 Å². The van der Waals surface area contributed by atoms with Crippen molar-refractivity contribution in [1.82, 2.24) is 0 Å². The number of aliphatic hydroxyl groups is 1. The Hall–Kier alpha value is -1.02. The molecule has 0 aliphatic carbocycles. The second kappa shape index (κ2) is 4.88. The van der Waals surface area contributed by atoms with Gasteiger partial charge in [-0.05, 0) is 36.5 Å². The lowest BCUT2D eigenvalue weighted by atomic mass is 9.86. The number of rotatable bonds is 3. The molecule has 0 saturated carbocycles. The van der Waals surface area contributed by atoms with E-state index in [1.165, 1.54) is 5.56 Å². The molecule has 0 aliphatic heterocycles. The van der Waals surface area contributed by atoms with Crippen LogP contribution in [0.2, 0.25) is 0 Å². The SMILES string of the molecule is Cc1cc(C(C)(C)C)ccc1OC[C@H](C)O. The molecule has 2 heteroatoms. The summed E-state index contributed by atoms with van der Waals surface area (Å²) in [5, 5.41) is 9.16. The predicted octanol–water partition coefficient (Wildman–Crippen LogP) is 3.05. The number of aryl methyl sites for hydroxylation is 1. The molecular formula is C14H22O2. The fourth-order valence-corrected chi connectivity index (χ4v) is 1.49. The highest BCUT2D eigenvalue weighted by Crippen LogP contribution is 2.27. The standard InChI is InChI=1S/C14H22O2/c1-10-8-12(14(3,4)5)6-7-13(10)16-9-11(2)15/h6-8,11,15H,9H2,1-5H3/t11-/m0/s1. The second-order valence-electron chi connectivity index (χ2n) is 5.39. The molecule has 2 nitrogen and oxygen atoms in total. The third kappa shape index (κ3) is 3.53. The quantitative estimate of drug-likeness (QED) is 0.851. The van der Waals surface area contributed by atoms with Crippen LogP contribution < -0.4 is 4.74 Å². The summed E-state index contributed by atoms with van der Waals surface area (Å²) in [4.78, 5) is 0. The molecule has 0 aromatic heterocycles. The van der Waals surface area contributed by atoms with Crippen LogP contribution in [0.15, 0.2) is 18.2 Å². The van der Waals surface area contributed by atoms with Gasteiger partial charge in [-0.1, -0.05) is 32.9 Å². The molecule has 0 amide bonds. The average Bonchev–Trinajstić information content (AvgIpc) is 2.14. The molecule has 0 saturated heterocycles. The summed E-state index contributed by atoms with van der Waals surface area (Å²) in [7, 11) is 0. The van der Waals surface area contributed by atoms with Gasteiger partial charge in [-0.3, -0.25) is 0 Å². The van der Waals surface area contributed by atoms with E-state index in [1.54, 1.807) is 6.92 Å². The molecule has 1 atom stereocenters. The van der Waals surface area contributed by atoms with Crippen LogP contribution >= 0.6 is 0 Å². The molecule has 0 spiro atoms. The van der Waals surface area contributed by atoms with Gasteiger partial charge in [0, 0.05) is 0 Å². The van der Waals surface area contributed by atoms with Crippen molar-refractivity contribution >= 4 is 0 Å². The molecule has 1 aromatic carbocycles. The van der Waals surface area contributed by atoms with Gasteiger partial charge in [0.05, 0.1) is 6.10 Å². The highest BCUT2D eigenvalue weighted by molar-refractivity contribution is 5.38. The van der Waals surface area contributed by atoms with Gasteiger partial charge in [-0.2, -0.15) is 0 Å². The monoisotopic (exact) mass is 222 g/mol. The number of hydrogen-bond acceptors (Lipinski definition) is 2. The highest BCUT2D eigenvalue weighted by Gasteiger charge is 2.14. The minimum absolute atomic E-state index is 0.160. The Morgan fingerprint density at radius 3 is 2.38 bits per heavy atom. The Morgan fingerprint density at radius 2 is 1.94 bits per heavy atom. The molecule has 0 radical (unpaired) electrons. The van der Waals surface area contributed by atoms with E-state index in [4.69, 9.17) is 9.84 Å². The lowest BCUT2D eigenvalue weighted by Gasteiger charge is -2.20. The van der Waals surface area contributed by atoms with Crippen LogP contribution in [0.5, 0.6) is 5.75 Å². The molecule has 0 bridgehead atoms. The number of benzene rings is 1. The van der Waals surface area contributed by atoms with Gasteiger partial charge in [0.2, 0.25) is 0 Å². The summed E-state index contributed by atoms with van der Waals surface area (Å²) in [6, 6.07) is 6.22. The van der Waals surface area contributed by atoms with Gasteiger partial charge < -0.3 is 9.84 Å². The van der Waals surface area contributed by atoms with Gasteiger partial charge in [0.1, 0.15) is 12.4 Å². The van der Waals surface area contributed by atoms with Crippen molar-refractivity contribution in [3.8, 4) is 5.75 Å². The van der Waals surface area contributed by atoms with E-state index in [0.717, 1.165) is 11.3 Å². The number of ether oxygens (including phenoxy) is 1. The van der Waals surface area contributed by atoms with Gasteiger partial charge in [-0.25, -0.2) is 0 Å². The van der Waals surface area contributed by atoms with Gasteiger partial charge in [-0.15, -0.1) is 0 Å². The minimum Gasteiger partial charge on any atom is -0.491 e. The summed E-state index contributed by atoms with van der Waals surface area (Å²) < 4.78 is 5.52. The van der Waals surface area contributed by atoms with Gasteiger partial charge >= 0.3 is 0 Å². The smallest absolute Gasteiger partial charge is 0.122 e. The first kappa shape index (κ1) is 13.0. The third-order valence-corrected chi connectivity index (χ3v) is 2.52. The van der Waals surface area contributed by atoms with E-state index in [-0.39, 0.29) is 5.41 Å². The second-order valence-corrected chi connectivity index (χ2v) is 5.39. The van der Waals surface area contributed by atoms with E-state index < -0.39 is 6.10 Å². The first-order valence-electron chi connectivity index (χ1n) is 5.72. The molecule has 0 aliphatic rings. The minimum atomic E-state index is -0.429.